The summed E-state index contributed by atoms with van der Waals surface area (Å²) in [4.78, 5) is 12.4. The standard InChI is InChI=1S/C21H18O3/c1-23-20-10-6-5-9-19(21(20)22)17-11-13-18(14-12-17)24-15-16-7-3-2-4-8-16/h2-14H,15H2,1H3. The van der Waals surface area contributed by atoms with Crippen molar-refractivity contribution in [2.24, 2.45) is 0 Å². The number of ether oxygens (including phenoxy) is 2. The molecule has 0 spiro atoms. The van der Waals surface area contributed by atoms with Gasteiger partial charge in [-0.2, -0.15) is 0 Å². The summed E-state index contributed by atoms with van der Waals surface area (Å²) in [7, 11) is 1.50. The van der Waals surface area contributed by atoms with Gasteiger partial charge in [-0.1, -0.05) is 60.7 Å². The fraction of sp³-hybridized carbons (Fsp3) is 0.0952. The van der Waals surface area contributed by atoms with Gasteiger partial charge in [0.05, 0.1) is 7.11 Å². The lowest BCUT2D eigenvalue weighted by atomic mass is 10.1. The van der Waals surface area contributed by atoms with Gasteiger partial charge < -0.3 is 9.47 Å². The molecule has 0 atom stereocenters. The first-order valence-electron chi connectivity index (χ1n) is 7.72. The smallest absolute Gasteiger partial charge is 0.228 e. The van der Waals surface area contributed by atoms with Crippen LogP contribution in [-0.4, -0.2) is 7.11 Å². The van der Waals surface area contributed by atoms with Gasteiger partial charge in [0.15, 0.2) is 5.75 Å². The highest BCUT2D eigenvalue weighted by molar-refractivity contribution is 5.65. The van der Waals surface area contributed by atoms with Crippen molar-refractivity contribution in [3.05, 3.63) is 94.6 Å². The van der Waals surface area contributed by atoms with Crippen LogP contribution in [0.3, 0.4) is 0 Å². The zero-order chi connectivity index (χ0) is 16.8. The van der Waals surface area contributed by atoms with Crippen LogP contribution in [0.15, 0.2) is 83.7 Å². The molecular weight excluding hydrogens is 300 g/mol. The van der Waals surface area contributed by atoms with Crippen molar-refractivity contribution in [2.75, 3.05) is 7.11 Å². The molecular formula is C21H18O3. The van der Waals surface area contributed by atoms with Crippen molar-refractivity contribution in [1.82, 2.24) is 0 Å². The first kappa shape index (κ1) is 15.8. The summed E-state index contributed by atoms with van der Waals surface area (Å²) in [5.74, 6) is 1.10. The molecule has 120 valence electrons. The van der Waals surface area contributed by atoms with Crippen LogP contribution in [0.4, 0.5) is 0 Å². The van der Waals surface area contributed by atoms with Gasteiger partial charge in [0.25, 0.3) is 0 Å². The molecule has 0 saturated heterocycles. The lowest BCUT2D eigenvalue weighted by molar-refractivity contribution is 0.306. The molecule has 0 heterocycles. The Hall–Kier alpha value is -3.07. The first-order valence-corrected chi connectivity index (χ1v) is 7.72. The van der Waals surface area contributed by atoms with Crippen LogP contribution in [0.1, 0.15) is 5.56 Å². The summed E-state index contributed by atoms with van der Waals surface area (Å²) < 4.78 is 10.9. The van der Waals surface area contributed by atoms with Gasteiger partial charge >= 0.3 is 0 Å². The monoisotopic (exact) mass is 318 g/mol. The maximum absolute atomic E-state index is 12.4. The van der Waals surface area contributed by atoms with E-state index >= 15 is 0 Å². The molecule has 0 amide bonds. The van der Waals surface area contributed by atoms with Gasteiger partial charge in [0, 0.05) is 5.56 Å². The van der Waals surface area contributed by atoms with Crippen LogP contribution >= 0.6 is 0 Å². The molecule has 3 aromatic rings. The van der Waals surface area contributed by atoms with E-state index in [-0.39, 0.29) is 5.43 Å². The molecule has 0 aliphatic rings. The summed E-state index contributed by atoms with van der Waals surface area (Å²) >= 11 is 0. The van der Waals surface area contributed by atoms with Crippen molar-refractivity contribution in [3.63, 3.8) is 0 Å². The summed E-state index contributed by atoms with van der Waals surface area (Å²) in [6.45, 7) is 0.515. The average molecular weight is 318 g/mol. The Morgan fingerprint density at radius 2 is 1.46 bits per heavy atom. The Bertz CT molecular complexity index is 856. The third kappa shape index (κ3) is 3.63. The Morgan fingerprint density at radius 3 is 2.17 bits per heavy atom. The van der Waals surface area contributed by atoms with Gasteiger partial charge in [-0.25, -0.2) is 0 Å². The highest BCUT2D eigenvalue weighted by Crippen LogP contribution is 2.21. The predicted molar refractivity (Wildman–Crippen MR) is 95.5 cm³/mol. The predicted octanol–water partition coefficient (Wildman–Crippen LogP) is 4.30. The molecule has 0 N–H and O–H groups in total. The minimum Gasteiger partial charge on any atom is -0.493 e. The second kappa shape index (κ2) is 7.47. The molecule has 0 fully saturated rings. The van der Waals surface area contributed by atoms with E-state index in [0.29, 0.717) is 17.9 Å². The van der Waals surface area contributed by atoms with E-state index in [1.54, 1.807) is 18.2 Å². The molecule has 3 heteroatoms. The van der Waals surface area contributed by atoms with E-state index in [1.807, 2.05) is 60.7 Å². The molecule has 0 aromatic heterocycles. The zero-order valence-corrected chi connectivity index (χ0v) is 13.4. The number of methoxy groups -OCH3 is 1. The molecule has 3 aromatic carbocycles. The SMILES string of the molecule is COc1ccccc(-c2ccc(OCc3ccccc3)cc2)c1=O. The fourth-order valence-corrected chi connectivity index (χ4v) is 2.44. The lowest BCUT2D eigenvalue weighted by Crippen LogP contribution is -2.05. The Balaban J connectivity index is 1.80. The molecule has 3 nitrogen and oxygen atoms in total. The fourth-order valence-electron chi connectivity index (χ4n) is 2.44. The quantitative estimate of drug-likeness (QED) is 0.703. The normalized spacial score (nSPS) is 10.2. The summed E-state index contributed by atoms with van der Waals surface area (Å²) in [6, 6.07) is 24.6. The number of benzene rings is 2. The minimum absolute atomic E-state index is 0.125. The Morgan fingerprint density at radius 1 is 0.792 bits per heavy atom. The van der Waals surface area contributed by atoms with Gasteiger partial charge in [-0.05, 0) is 29.3 Å². The Labute approximate surface area is 141 Å². The van der Waals surface area contributed by atoms with Crippen LogP contribution in [-0.2, 0) is 6.61 Å². The van der Waals surface area contributed by atoms with Crippen molar-refractivity contribution < 1.29 is 9.47 Å². The van der Waals surface area contributed by atoms with Crippen LogP contribution in [0.25, 0.3) is 11.1 Å². The third-order valence-electron chi connectivity index (χ3n) is 3.72. The molecule has 0 bridgehead atoms. The van der Waals surface area contributed by atoms with E-state index in [1.165, 1.54) is 7.11 Å². The highest BCUT2D eigenvalue weighted by atomic mass is 16.5. The molecule has 0 saturated carbocycles. The van der Waals surface area contributed by atoms with Crippen LogP contribution in [0.2, 0.25) is 0 Å². The number of rotatable bonds is 5. The zero-order valence-electron chi connectivity index (χ0n) is 13.4. The summed E-state index contributed by atoms with van der Waals surface area (Å²) in [5.41, 5.74) is 2.43. The van der Waals surface area contributed by atoms with Crippen molar-refractivity contribution >= 4 is 0 Å². The average Bonchev–Trinajstić information content (AvgIpc) is 2.82. The lowest BCUT2D eigenvalue weighted by Gasteiger charge is -2.07. The van der Waals surface area contributed by atoms with Crippen LogP contribution < -0.4 is 14.9 Å². The van der Waals surface area contributed by atoms with Gasteiger partial charge in [-0.15, -0.1) is 0 Å². The van der Waals surface area contributed by atoms with E-state index in [2.05, 4.69) is 0 Å². The minimum atomic E-state index is -0.125. The topological polar surface area (TPSA) is 35.5 Å². The first-order chi connectivity index (χ1) is 11.8. The van der Waals surface area contributed by atoms with Gasteiger partial charge in [0.2, 0.25) is 5.43 Å². The summed E-state index contributed by atoms with van der Waals surface area (Å²) in [5, 5.41) is 0. The molecule has 0 unspecified atom stereocenters. The van der Waals surface area contributed by atoms with Gasteiger partial charge in [-0.3, -0.25) is 4.79 Å². The van der Waals surface area contributed by atoms with Crippen molar-refractivity contribution in [3.8, 4) is 22.6 Å². The maximum atomic E-state index is 12.4. The number of hydrogen-bond acceptors (Lipinski definition) is 3. The second-order valence-corrected chi connectivity index (χ2v) is 5.33. The van der Waals surface area contributed by atoms with Crippen molar-refractivity contribution in [2.45, 2.75) is 6.61 Å². The molecule has 3 rings (SSSR count). The largest absolute Gasteiger partial charge is 0.493 e. The Kier molecular flexibility index (Phi) is 4.92. The van der Waals surface area contributed by atoms with Crippen LogP contribution in [0, 0.1) is 0 Å². The molecule has 0 radical (unpaired) electrons. The molecule has 0 aliphatic carbocycles. The highest BCUT2D eigenvalue weighted by Gasteiger charge is 2.06. The molecule has 0 aliphatic heterocycles. The van der Waals surface area contributed by atoms with Crippen molar-refractivity contribution in [1.29, 1.82) is 0 Å². The maximum Gasteiger partial charge on any atom is 0.228 e. The summed E-state index contributed by atoms with van der Waals surface area (Å²) in [6.07, 6.45) is 0. The van der Waals surface area contributed by atoms with Crippen LogP contribution in [0.5, 0.6) is 11.5 Å². The van der Waals surface area contributed by atoms with E-state index in [4.69, 9.17) is 9.47 Å². The van der Waals surface area contributed by atoms with E-state index in [0.717, 1.165) is 16.9 Å². The van der Waals surface area contributed by atoms with Gasteiger partial charge in [0.1, 0.15) is 12.4 Å². The molecule has 24 heavy (non-hydrogen) atoms. The third-order valence-corrected chi connectivity index (χ3v) is 3.72. The van der Waals surface area contributed by atoms with E-state index in [9.17, 15) is 4.79 Å². The number of hydrogen-bond donors (Lipinski definition) is 0. The second-order valence-electron chi connectivity index (χ2n) is 5.33. The van der Waals surface area contributed by atoms with E-state index < -0.39 is 0 Å².